The molecular weight excluding hydrogens is 248 g/mol. The molecule has 0 aliphatic heterocycles. The van der Waals surface area contributed by atoms with Gasteiger partial charge in [-0.15, -0.1) is 0 Å². The Morgan fingerprint density at radius 1 is 0.950 bits per heavy atom. The van der Waals surface area contributed by atoms with Gasteiger partial charge in [0.2, 0.25) is 0 Å². The van der Waals surface area contributed by atoms with Gasteiger partial charge >= 0.3 is 0 Å². The van der Waals surface area contributed by atoms with Crippen molar-refractivity contribution in [1.82, 2.24) is 9.97 Å². The summed E-state index contributed by atoms with van der Waals surface area (Å²) in [5.74, 6) is 2.51. The van der Waals surface area contributed by atoms with Crippen molar-refractivity contribution in [1.29, 1.82) is 0 Å². The third kappa shape index (κ3) is 3.07. The number of rotatable bonds is 4. The van der Waals surface area contributed by atoms with Gasteiger partial charge < -0.3 is 10.6 Å². The average molecular weight is 270 g/mol. The van der Waals surface area contributed by atoms with E-state index >= 15 is 0 Å². The van der Waals surface area contributed by atoms with Crippen LogP contribution in [0.3, 0.4) is 0 Å². The molecule has 0 amide bonds. The minimum Gasteiger partial charge on any atom is -0.370 e. The molecule has 0 bridgehead atoms. The van der Waals surface area contributed by atoms with Crippen LogP contribution in [0.5, 0.6) is 0 Å². The molecule has 1 aromatic carbocycles. The number of hydrogen-bond donors (Lipinski definition) is 2. The highest BCUT2D eigenvalue weighted by Crippen LogP contribution is 2.24. The van der Waals surface area contributed by atoms with Crippen molar-refractivity contribution in [2.45, 2.75) is 34.6 Å². The van der Waals surface area contributed by atoms with Crippen molar-refractivity contribution in [3.63, 3.8) is 0 Å². The molecule has 2 N–H and O–H groups in total. The lowest BCUT2D eigenvalue weighted by atomic mass is 10.1. The van der Waals surface area contributed by atoms with Gasteiger partial charge in [-0.25, -0.2) is 9.97 Å². The van der Waals surface area contributed by atoms with Crippen molar-refractivity contribution < 1.29 is 0 Å². The van der Waals surface area contributed by atoms with E-state index in [1.165, 1.54) is 11.1 Å². The van der Waals surface area contributed by atoms with Crippen LogP contribution in [0.25, 0.3) is 0 Å². The Morgan fingerprint density at radius 2 is 1.65 bits per heavy atom. The Bertz CT molecular complexity index is 620. The molecule has 0 aliphatic rings. The maximum absolute atomic E-state index is 4.50. The fourth-order valence-electron chi connectivity index (χ4n) is 2.05. The number of aromatic nitrogens is 2. The highest BCUT2D eigenvalue weighted by atomic mass is 15.1. The van der Waals surface area contributed by atoms with Gasteiger partial charge in [0.15, 0.2) is 0 Å². The largest absolute Gasteiger partial charge is 0.370 e. The smallest absolute Gasteiger partial charge is 0.139 e. The molecule has 20 heavy (non-hydrogen) atoms. The second-order valence-electron chi connectivity index (χ2n) is 5.05. The van der Waals surface area contributed by atoms with Crippen LogP contribution in [0.4, 0.5) is 17.3 Å². The van der Waals surface area contributed by atoms with E-state index in [4.69, 9.17) is 0 Å². The number of anilines is 3. The zero-order chi connectivity index (χ0) is 14.7. The van der Waals surface area contributed by atoms with Gasteiger partial charge in [-0.1, -0.05) is 6.07 Å². The predicted octanol–water partition coefficient (Wildman–Crippen LogP) is 3.89. The number of nitrogens with zero attached hydrogens (tertiary/aromatic N) is 2. The quantitative estimate of drug-likeness (QED) is 0.885. The summed E-state index contributed by atoms with van der Waals surface area (Å²) in [7, 11) is 0. The normalized spacial score (nSPS) is 10.4. The molecule has 0 spiro atoms. The van der Waals surface area contributed by atoms with Crippen molar-refractivity contribution >= 4 is 17.3 Å². The molecular formula is C16H22N4. The van der Waals surface area contributed by atoms with E-state index < -0.39 is 0 Å². The van der Waals surface area contributed by atoms with Crippen molar-refractivity contribution in [3.05, 3.63) is 40.7 Å². The molecule has 0 radical (unpaired) electrons. The molecule has 4 heteroatoms. The summed E-state index contributed by atoms with van der Waals surface area (Å²) in [6, 6.07) is 6.33. The van der Waals surface area contributed by atoms with E-state index in [1.54, 1.807) is 0 Å². The fourth-order valence-corrected chi connectivity index (χ4v) is 2.05. The second-order valence-corrected chi connectivity index (χ2v) is 5.05. The third-order valence-electron chi connectivity index (χ3n) is 3.37. The maximum atomic E-state index is 4.50. The van der Waals surface area contributed by atoms with Gasteiger partial charge in [0.25, 0.3) is 0 Å². The summed E-state index contributed by atoms with van der Waals surface area (Å²) in [4.78, 5) is 8.93. The number of nitrogens with one attached hydrogen (secondary N) is 2. The highest BCUT2D eigenvalue weighted by molar-refractivity contribution is 5.65. The van der Waals surface area contributed by atoms with Crippen LogP contribution >= 0.6 is 0 Å². The van der Waals surface area contributed by atoms with E-state index in [2.05, 4.69) is 59.6 Å². The van der Waals surface area contributed by atoms with Crippen molar-refractivity contribution in [2.75, 3.05) is 17.2 Å². The Hall–Kier alpha value is -2.10. The Kier molecular flexibility index (Phi) is 4.23. The van der Waals surface area contributed by atoms with Gasteiger partial charge in [0, 0.05) is 17.8 Å². The van der Waals surface area contributed by atoms with Crippen LogP contribution < -0.4 is 10.6 Å². The molecule has 2 aromatic rings. The summed E-state index contributed by atoms with van der Waals surface area (Å²) in [5, 5.41) is 6.66. The minimum absolute atomic E-state index is 0.762. The molecule has 1 aromatic heterocycles. The van der Waals surface area contributed by atoms with E-state index in [9.17, 15) is 0 Å². The van der Waals surface area contributed by atoms with Crippen molar-refractivity contribution in [2.24, 2.45) is 0 Å². The van der Waals surface area contributed by atoms with Gasteiger partial charge in [-0.3, -0.25) is 0 Å². The summed E-state index contributed by atoms with van der Waals surface area (Å²) >= 11 is 0. The molecule has 0 atom stereocenters. The Balaban J connectivity index is 2.35. The Labute approximate surface area is 120 Å². The molecule has 0 unspecified atom stereocenters. The topological polar surface area (TPSA) is 49.8 Å². The molecule has 106 valence electrons. The van der Waals surface area contributed by atoms with E-state index in [-0.39, 0.29) is 0 Å². The summed E-state index contributed by atoms with van der Waals surface area (Å²) in [6.45, 7) is 11.1. The first-order chi connectivity index (χ1) is 9.51. The predicted molar refractivity (Wildman–Crippen MR) is 84.9 cm³/mol. The first-order valence-corrected chi connectivity index (χ1v) is 6.94. The lowest BCUT2D eigenvalue weighted by molar-refractivity contribution is 1.02. The number of aryl methyl sites for hydroxylation is 3. The van der Waals surface area contributed by atoms with Crippen LogP contribution in [0.15, 0.2) is 18.2 Å². The number of hydrogen-bond acceptors (Lipinski definition) is 4. The van der Waals surface area contributed by atoms with E-state index in [1.807, 2.05) is 13.8 Å². The second kappa shape index (κ2) is 5.90. The van der Waals surface area contributed by atoms with Crippen molar-refractivity contribution in [3.8, 4) is 0 Å². The molecule has 0 saturated heterocycles. The van der Waals surface area contributed by atoms with Gasteiger partial charge in [-0.2, -0.15) is 0 Å². The molecule has 4 nitrogen and oxygen atoms in total. The monoisotopic (exact) mass is 270 g/mol. The van der Waals surface area contributed by atoms with Crippen LogP contribution in [-0.4, -0.2) is 16.5 Å². The van der Waals surface area contributed by atoms with E-state index in [0.29, 0.717) is 0 Å². The van der Waals surface area contributed by atoms with Gasteiger partial charge in [0.1, 0.15) is 17.5 Å². The fraction of sp³-hybridized carbons (Fsp3) is 0.375. The third-order valence-corrected chi connectivity index (χ3v) is 3.37. The molecule has 0 aliphatic carbocycles. The minimum atomic E-state index is 0.762. The summed E-state index contributed by atoms with van der Waals surface area (Å²) < 4.78 is 0. The van der Waals surface area contributed by atoms with Gasteiger partial charge in [-0.05, 0) is 57.9 Å². The summed E-state index contributed by atoms with van der Waals surface area (Å²) in [6.07, 6.45) is 0. The Morgan fingerprint density at radius 3 is 2.30 bits per heavy atom. The van der Waals surface area contributed by atoms with E-state index in [0.717, 1.165) is 35.3 Å². The highest BCUT2D eigenvalue weighted by Gasteiger charge is 2.09. The molecule has 0 saturated carbocycles. The van der Waals surface area contributed by atoms with Crippen LogP contribution in [0.1, 0.15) is 29.4 Å². The average Bonchev–Trinajstić information content (AvgIpc) is 2.39. The standard InChI is InChI=1S/C16H22N4/c1-6-17-15-12(4)16(19-13(5)18-15)20-14-8-7-10(2)11(3)9-14/h7-9H,6H2,1-5H3,(H2,17,18,19,20). The van der Waals surface area contributed by atoms with Crippen LogP contribution in [-0.2, 0) is 0 Å². The molecule has 2 rings (SSSR count). The SMILES string of the molecule is CCNc1nc(C)nc(Nc2ccc(C)c(C)c2)c1C. The molecule has 1 heterocycles. The lowest BCUT2D eigenvalue weighted by Gasteiger charge is -2.14. The summed E-state index contributed by atoms with van der Waals surface area (Å²) in [5.41, 5.74) is 4.65. The zero-order valence-electron chi connectivity index (χ0n) is 12.8. The molecule has 0 fully saturated rings. The van der Waals surface area contributed by atoms with Gasteiger partial charge in [0.05, 0.1) is 0 Å². The zero-order valence-corrected chi connectivity index (χ0v) is 12.8. The van der Waals surface area contributed by atoms with Crippen LogP contribution in [0.2, 0.25) is 0 Å². The first kappa shape index (κ1) is 14.3. The lowest BCUT2D eigenvalue weighted by Crippen LogP contribution is -2.07. The maximum Gasteiger partial charge on any atom is 0.139 e. The number of benzene rings is 1. The van der Waals surface area contributed by atoms with Crippen LogP contribution in [0, 0.1) is 27.7 Å². The first-order valence-electron chi connectivity index (χ1n) is 6.94.